The first kappa shape index (κ1) is 16.0. The van der Waals surface area contributed by atoms with Gasteiger partial charge in [0.2, 0.25) is 0 Å². The number of hydrazine groups is 1. The van der Waals surface area contributed by atoms with E-state index in [0.29, 0.717) is 0 Å². The summed E-state index contributed by atoms with van der Waals surface area (Å²) in [6.07, 6.45) is 0.793. The fourth-order valence-electron chi connectivity index (χ4n) is 2.25. The number of anilines is 2. The zero-order valence-corrected chi connectivity index (χ0v) is 12.9. The van der Waals surface area contributed by atoms with Gasteiger partial charge < -0.3 is 5.11 Å². The van der Waals surface area contributed by atoms with Gasteiger partial charge in [0.1, 0.15) is 6.04 Å². The van der Waals surface area contributed by atoms with E-state index in [2.05, 4.69) is 5.43 Å². The lowest BCUT2D eigenvalue weighted by molar-refractivity contribution is -0.140. The molecule has 4 heteroatoms. The second kappa shape index (κ2) is 7.61. The Hall–Kier alpha value is -2.33. The summed E-state index contributed by atoms with van der Waals surface area (Å²) in [7, 11) is 0. The molecule has 2 N–H and O–H groups in total. The van der Waals surface area contributed by atoms with E-state index in [1.807, 2.05) is 79.5 Å². The van der Waals surface area contributed by atoms with Gasteiger partial charge in [0.05, 0.1) is 11.4 Å². The predicted octanol–water partition coefficient (Wildman–Crippen LogP) is 3.83. The quantitative estimate of drug-likeness (QED) is 0.763. The van der Waals surface area contributed by atoms with Gasteiger partial charge in [0, 0.05) is 0 Å². The molecule has 0 saturated carbocycles. The molecule has 0 aliphatic rings. The van der Waals surface area contributed by atoms with Gasteiger partial charge in [-0.05, 0) is 30.2 Å². The summed E-state index contributed by atoms with van der Waals surface area (Å²) in [6, 6.07) is 18.8. The van der Waals surface area contributed by atoms with Gasteiger partial charge in [-0.1, -0.05) is 56.7 Å². The SMILES string of the molecule is CCC(C)C(NN(c1ccccc1)c1ccccc1)C(=O)O. The molecular weight excluding hydrogens is 276 g/mol. The lowest BCUT2D eigenvalue weighted by Crippen LogP contribution is -2.49. The summed E-state index contributed by atoms with van der Waals surface area (Å²) in [5.74, 6) is -0.821. The highest BCUT2D eigenvalue weighted by molar-refractivity contribution is 5.75. The number of aliphatic carboxylic acids is 1. The number of hydrogen-bond acceptors (Lipinski definition) is 3. The van der Waals surface area contributed by atoms with Crippen LogP contribution in [0.2, 0.25) is 0 Å². The molecule has 0 aliphatic carbocycles. The van der Waals surface area contributed by atoms with E-state index >= 15 is 0 Å². The molecule has 0 radical (unpaired) electrons. The minimum absolute atomic E-state index is 0.0208. The first-order valence-electron chi connectivity index (χ1n) is 7.52. The van der Waals surface area contributed by atoms with Crippen molar-refractivity contribution in [1.29, 1.82) is 0 Å². The van der Waals surface area contributed by atoms with Gasteiger partial charge in [-0.3, -0.25) is 9.80 Å². The molecule has 2 aromatic rings. The molecular formula is C18H22N2O2. The monoisotopic (exact) mass is 298 g/mol. The van der Waals surface area contributed by atoms with E-state index in [1.54, 1.807) is 0 Å². The summed E-state index contributed by atoms with van der Waals surface area (Å²) in [4.78, 5) is 11.6. The maximum atomic E-state index is 11.6. The Morgan fingerprint density at radius 3 is 1.86 bits per heavy atom. The van der Waals surface area contributed by atoms with E-state index < -0.39 is 12.0 Å². The van der Waals surface area contributed by atoms with E-state index in [-0.39, 0.29) is 5.92 Å². The van der Waals surface area contributed by atoms with Gasteiger partial charge in [-0.2, -0.15) is 0 Å². The van der Waals surface area contributed by atoms with E-state index in [4.69, 9.17) is 0 Å². The minimum Gasteiger partial charge on any atom is -0.480 e. The zero-order chi connectivity index (χ0) is 15.9. The van der Waals surface area contributed by atoms with Gasteiger partial charge in [-0.25, -0.2) is 5.43 Å². The topological polar surface area (TPSA) is 52.6 Å². The summed E-state index contributed by atoms with van der Waals surface area (Å²) >= 11 is 0. The van der Waals surface area contributed by atoms with Crippen LogP contribution in [-0.4, -0.2) is 17.1 Å². The van der Waals surface area contributed by atoms with Gasteiger partial charge in [0.25, 0.3) is 0 Å². The molecule has 0 bridgehead atoms. The molecule has 0 aliphatic heterocycles. The second-order valence-electron chi connectivity index (χ2n) is 5.34. The number of carbonyl (C=O) groups is 1. The summed E-state index contributed by atoms with van der Waals surface area (Å²) in [5, 5.41) is 11.4. The van der Waals surface area contributed by atoms with Crippen LogP contribution < -0.4 is 10.4 Å². The number of nitrogens with one attached hydrogen (secondary N) is 1. The molecule has 0 fully saturated rings. The normalized spacial score (nSPS) is 13.4. The molecule has 2 rings (SSSR count). The van der Waals surface area contributed by atoms with Crippen molar-refractivity contribution in [3.05, 3.63) is 60.7 Å². The number of hydrogen-bond donors (Lipinski definition) is 2. The second-order valence-corrected chi connectivity index (χ2v) is 5.34. The first-order chi connectivity index (χ1) is 10.6. The largest absolute Gasteiger partial charge is 0.480 e. The fraction of sp³-hybridized carbons (Fsp3) is 0.278. The Bertz CT molecular complexity index is 547. The molecule has 0 saturated heterocycles. The van der Waals surface area contributed by atoms with Crippen LogP contribution in [0.25, 0.3) is 0 Å². The number of para-hydroxylation sites is 2. The van der Waals surface area contributed by atoms with Crippen molar-refractivity contribution in [2.24, 2.45) is 5.92 Å². The first-order valence-corrected chi connectivity index (χ1v) is 7.52. The number of nitrogens with zero attached hydrogens (tertiary/aromatic N) is 1. The summed E-state index contributed by atoms with van der Waals surface area (Å²) in [6.45, 7) is 3.94. The zero-order valence-electron chi connectivity index (χ0n) is 12.9. The van der Waals surface area contributed by atoms with Crippen molar-refractivity contribution in [1.82, 2.24) is 5.43 Å². The Balaban J connectivity index is 2.35. The Labute approximate surface area is 131 Å². The molecule has 2 atom stereocenters. The third-order valence-corrected chi connectivity index (χ3v) is 3.78. The molecule has 2 unspecified atom stereocenters. The highest BCUT2D eigenvalue weighted by atomic mass is 16.4. The van der Waals surface area contributed by atoms with Crippen molar-refractivity contribution in [3.63, 3.8) is 0 Å². The van der Waals surface area contributed by atoms with Gasteiger partial charge >= 0.3 is 5.97 Å². The maximum Gasteiger partial charge on any atom is 0.322 e. The average molecular weight is 298 g/mol. The Morgan fingerprint density at radius 1 is 1.05 bits per heavy atom. The molecule has 0 spiro atoms. The lowest BCUT2D eigenvalue weighted by atomic mass is 10.00. The number of carboxylic acids is 1. The van der Waals surface area contributed by atoms with Crippen LogP contribution in [0.5, 0.6) is 0 Å². The smallest absolute Gasteiger partial charge is 0.322 e. The summed E-state index contributed by atoms with van der Waals surface area (Å²) in [5.41, 5.74) is 4.98. The molecule has 0 amide bonds. The standard InChI is InChI=1S/C18H22N2O2/c1-3-14(2)17(18(21)22)19-20(15-10-6-4-7-11-15)16-12-8-5-9-13-16/h4-14,17,19H,3H2,1-2H3,(H,21,22). The van der Waals surface area contributed by atoms with Crippen molar-refractivity contribution in [2.45, 2.75) is 26.3 Å². The molecule has 2 aromatic carbocycles. The third-order valence-electron chi connectivity index (χ3n) is 3.78. The van der Waals surface area contributed by atoms with Gasteiger partial charge in [0.15, 0.2) is 0 Å². The van der Waals surface area contributed by atoms with Crippen molar-refractivity contribution < 1.29 is 9.90 Å². The van der Waals surface area contributed by atoms with E-state index in [1.165, 1.54) is 0 Å². The number of rotatable bonds is 7. The molecule has 0 aromatic heterocycles. The Morgan fingerprint density at radius 2 is 1.50 bits per heavy atom. The molecule has 116 valence electrons. The average Bonchev–Trinajstić information content (AvgIpc) is 2.56. The molecule has 4 nitrogen and oxygen atoms in total. The third kappa shape index (κ3) is 3.86. The van der Waals surface area contributed by atoms with Crippen LogP contribution in [0.1, 0.15) is 20.3 Å². The minimum atomic E-state index is -0.841. The molecule has 0 heterocycles. The molecule has 22 heavy (non-hydrogen) atoms. The van der Waals surface area contributed by atoms with Crippen LogP contribution in [0, 0.1) is 5.92 Å². The van der Waals surface area contributed by atoms with Crippen LogP contribution in [0.15, 0.2) is 60.7 Å². The van der Waals surface area contributed by atoms with Crippen molar-refractivity contribution in [2.75, 3.05) is 5.01 Å². The van der Waals surface area contributed by atoms with Gasteiger partial charge in [-0.15, -0.1) is 0 Å². The van der Waals surface area contributed by atoms with Crippen LogP contribution >= 0.6 is 0 Å². The maximum absolute atomic E-state index is 11.6. The summed E-state index contributed by atoms with van der Waals surface area (Å²) < 4.78 is 0. The lowest BCUT2D eigenvalue weighted by Gasteiger charge is -2.31. The number of carboxylic acid groups (broad SMARTS) is 1. The Kier molecular flexibility index (Phi) is 5.55. The van der Waals surface area contributed by atoms with Crippen molar-refractivity contribution >= 4 is 17.3 Å². The van der Waals surface area contributed by atoms with Crippen molar-refractivity contribution in [3.8, 4) is 0 Å². The predicted molar refractivity (Wildman–Crippen MR) is 89.0 cm³/mol. The fourth-order valence-corrected chi connectivity index (χ4v) is 2.25. The van der Waals surface area contributed by atoms with Crippen LogP contribution in [0.4, 0.5) is 11.4 Å². The highest BCUT2D eigenvalue weighted by Crippen LogP contribution is 2.24. The number of benzene rings is 2. The van der Waals surface area contributed by atoms with Crippen LogP contribution in [0.3, 0.4) is 0 Å². The highest BCUT2D eigenvalue weighted by Gasteiger charge is 2.26. The van der Waals surface area contributed by atoms with Crippen LogP contribution in [-0.2, 0) is 4.79 Å². The van der Waals surface area contributed by atoms with E-state index in [9.17, 15) is 9.90 Å². The van der Waals surface area contributed by atoms with E-state index in [0.717, 1.165) is 17.8 Å².